The van der Waals surface area contributed by atoms with Crippen molar-refractivity contribution in [3.63, 3.8) is 0 Å². The summed E-state index contributed by atoms with van der Waals surface area (Å²) >= 11 is 0. The molecule has 4 aliphatic rings. The summed E-state index contributed by atoms with van der Waals surface area (Å²) in [5.41, 5.74) is 2.70. The predicted octanol–water partition coefficient (Wildman–Crippen LogP) is 4.20. The van der Waals surface area contributed by atoms with Crippen LogP contribution in [-0.2, 0) is 6.61 Å². The summed E-state index contributed by atoms with van der Waals surface area (Å²) in [6, 6.07) is 8.80. The average molecular weight is 285 g/mol. The first-order valence-corrected chi connectivity index (χ1v) is 8.63. The van der Waals surface area contributed by atoms with E-state index >= 15 is 0 Å². The van der Waals surface area contributed by atoms with Gasteiger partial charge in [0.1, 0.15) is 0 Å². The van der Waals surface area contributed by atoms with Gasteiger partial charge < -0.3 is 10.4 Å². The van der Waals surface area contributed by atoms with Crippen LogP contribution in [-0.4, -0.2) is 11.1 Å². The molecular weight excluding hydrogens is 258 g/mol. The molecule has 0 amide bonds. The topological polar surface area (TPSA) is 32.3 Å². The van der Waals surface area contributed by atoms with Crippen LogP contribution in [0, 0.1) is 23.2 Å². The van der Waals surface area contributed by atoms with Crippen molar-refractivity contribution in [2.75, 3.05) is 5.32 Å². The highest BCUT2D eigenvalue weighted by Gasteiger charge is 2.53. The Bertz CT molecular complexity index is 489. The summed E-state index contributed by atoms with van der Waals surface area (Å²) in [7, 11) is 0. The largest absolute Gasteiger partial charge is 0.392 e. The van der Waals surface area contributed by atoms with Gasteiger partial charge in [-0.25, -0.2) is 0 Å². The first-order chi connectivity index (χ1) is 10.2. The zero-order chi connectivity index (χ0) is 14.4. The van der Waals surface area contributed by atoms with Gasteiger partial charge >= 0.3 is 0 Å². The molecule has 2 heteroatoms. The summed E-state index contributed by atoms with van der Waals surface area (Å²) in [4.78, 5) is 0. The SMILES string of the molecule is CC(Nc1cccc(CO)c1)C12CC3CC(CC(C3)C1)C2. The Morgan fingerprint density at radius 2 is 1.76 bits per heavy atom. The Balaban J connectivity index is 1.53. The van der Waals surface area contributed by atoms with Gasteiger partial charge in [-0.1, -0.05) is 12.1 Å². The van der Waals surface area contributed by atoms with E-state index in [1.54, 1.807) is 0 Å². The molecule has 114 valence electrons. The number of hydrogen-bond acceptors (Lipinski definition) is 2. The van der Waals surface area contributed by atoms with E-state index in [0.717, 1.165) is 23.3 Å². The lowest BCUT2D eigenvalue weighted by Crippen LogP contribution is -2.52. The first kappa shape index (κ1) is 13.6. The van der Waals surface area contributed by atoms with Crippen molar-refractivity contribution in [3.8, 4) is 0 Å². The Morgan fingerprint density at radius 1 is 1.14 bits per heavy atom. The van der Waals surface area contributed by atoms with Gasteiger partial charge in [-0.2, -0.15) is 0 Å². The van der Waals surface area contributed by atoms with Gasteiger partial charge in [0, 0.05) is 11.7 Å². The van der Waals surface area contributed by atoms with Crippen molar-refractivity contribution >= 4 is 5.69 Å². The molecule has 0 aliphatic heterocycles. The molecule has 0 heterocycles. The number of hydrogen-bond donors (Lipinski definition) is 2. The standard InChI is InChI=1S/C19H27NO/c1-13(20-18-4-2-3-14(8-18)12-21)19-9-15-5-16(10-19)7-17(6-15)11-19/h2-4,8,13,15-17,20-21H,5-7,9-12H2,1H3. The minimum Gasteiger partial charge on any atom is -0.392 e. The van der Waals surface area contributed by atoms with Crippen molar-refractivity contribution in [3.05, 3.63) is 29.8 Å². The van der Waals surface area contributed by atoms with Crippen LogP contribution < -0.4 is 5.32 Å². The third-order valence-corrected chi connectivity index (χ3v) is 6.50. The summed E-state index contributed by atoms with van der Waals surface area (Å²) in [6.07, 6.45) is 8.83. The zero-order valence-electron chi connectivity index (χ0n) is 13.0. The first-order valence-electron chi connectivity index (χ1n) is 8.63. The maximum atomic E-state index is 9.30. The van der Waals surface area contributed by atoms with Crippen molar-refractivity contribution in [1.82, 2.24) is 0 Å². The van der Waals surface area contributed by atoms with E-state index in [4.69, 9.17) is 0 Å². The molecule has 1 aromatic rings. The van der Waals surface area contributed by atoms with E-state index in [1.165, 1.54) is 44.2 Å². The molecule has 0 spiro atoms. The minimum absolute atomic E-state index is 0.126. The third kappa shape index (κ3) is 2.38. The van der Waals surface area contributed by atoms with Crippen LogP contribution in [0.15, 0.2) is 24.3 Å². The number of nitrogens with one attached hydrogen (secondary N) is 1. The Labute approximate surface area is 128 Å². The number of rotatable bonds is 4. The number of anilines is 1. The van der Waals surface area contributed by atoms with Crippen molar-refractivity contribution in [2.45, 2.75) is 58.1 Å². The summed E-state index contributed by atoms with van der Waals surface area (Å²) in [5.74, 6) is 3.01. The Kier molecular flexibility index (Phi) is 3.25. The van der Waals surface area contributed by atoms with E-state index in [0.29, 0.717) is 11.5 Å². The van der Waals surface area contributed by atoms with Crippen molar-refractivity contribution in [1.29, 1.82) is 0 Å². The lowest BCUT2D eigenvalue weighted by Gasteiger charge is -2.59. The van der Waals surface area contributed by atoms with Crippen molar-refractivity contribution in [2.24, 2.45) is 23.2 Å². The van der Waals surface area contributed by atoms with Crippen LogP contribution in [0.5, 0.6) is 0 Å². The molecular formula is C19H27NO. The van der Waals surface area contributed by atoms with Gasteiger partial charge in [-0.3, -0.25) is 0 Å². The van der Waals surface area contributed by atoms with Gasteiger partial charge in [0.25, 0.3) is 0 Å². The predicted molar refractivity (Wildman–Crippen MR) is 86.1 cm³/mol. The minimum atomic E-state index is 0.126. The Morgan fingerprint density at radius 3 is 2.33 bits per heavy atom. The van der Waals surface area contributed by atoms with Crippen LogP contribution in [0.3, 0.4) is 0 Å². The van der Waals surface area contributed by atoms with Crippen molar-refractivity contribution < 1.29 is 5.11 Å². The second-order valence-electron chi connectivity index (χ2n) is 8.00. The van der Waals surface area contributed by atoms with E-state index in [1.807, 2.05) is 12.1 Å². The van der Waals surface area contributed by atoms with Gasteiger partial charge in [0.15, 0.2) is 0 Å². The maximum absolute atomic E-state index is 9.30. The second-order valence-corrected chi connectivity index (χ2v) is 8.00. The quantitative estimate of drug-likeness (QED) is 0.869. The molecule has 0 saturated heterocycles. The number of aliphatic hydroxyl groups is 1. The molecule has 21 heavy (non-hydrogen) atoms. The second kappa shape index (κ2) is 5.01. The van der Waals surface area contributed by atoms with Crippen LogP contribution in [0.25, 0.3) is 0 Å². The van der Waals surface area contributed by atoms with Crippen LogP contribution in [0.1, 0.15) is 51.0 Å². The normalized spacial score (nSPS) is 38.5. The summed E-state index contributed by atoms with van der Waals surface area (Å²) in [5, 5.41) is 13.1. The van der Waals surface area contributed by atoms with Crippen LogP contribution in [0.2, 0.25) is 0 Å². The molecule has 4 aliphatic carbocycles. The molecule has 4 saturated carbocycles. The molecule has 2 N–H and O–H groups in total. The highest BCUT2D eigenvalue weighted by molar-refractivity contribution is 5.46. The fourth-order valence-corrected chi connectivity index (χ4v) is 5.87. The van der Waals surface area contributed by atoms with E-state index in [2.05, 4.69) is 24.4 Å². The molecule has 2 nitrogen and oxygen atoms in total. The van der Waals surface area contributed by atoms with Gasteiger partial charge in [0.2, 0.25) is 0 Å². The van der Waals surface area contributed by atoms with Crippen LogP contribution in [0.4, 0.5) is 5.69 Å². The fourth-order valence-electron chi connectivity index (χ4n) is 5.87. The lowest BCUT2D eigenvalue weighted by atomic mass is 9.48. The van der Waals surface area contributed by atoms with E-state index in [-0.39, 0.29) is 6.61 Å². The third-order valence-electron chi connectivity index (χ3n) is 6.50. The van der Waals surface area contributed by atoms with Gasteiger partial charge in [0.05, 0.1) is 6.61 Å². The fraction of sp³-hybridized carbons (Fsp3) is 0.684. The molecule has 1 aromatic carbocycles. The summed E-state index contributed by atoms with van der Waals surface area (Å²) in [6.45, 7) is 2.51. The average Bonchev–Trinajstić information content (AvgIpc) is 2.46. The highest BCUT2D eigenvalue weighted by Crippen LogP contribution is 2.61. The van der Waals surface area contributed by atoms with Gasteiger partial charge in [-0.15, -0.1) is 0 Å². The summed E-state index contributed by atoms with van der Waals surface area (Å²) < 4.78 is 0. The molecule has 4 fully saturated rings. The monoisotopic (exact) mass is 285 g/mol. The molecule has 1 unspecified atom stereocenters. The molecule has 4 bridgehead atoms. The Hall–Kier alpha value is -1.02. The maximum Gasteiger partial charge on any atom is 0.0682 e. The highest BCUT2D eigenvalue weighted by atomic mass is 16.3. The molecule has 0 radical (unpaired) electrons. The number of aliphatic hydroxyl groups excluding tert-OH is 1. The van der Waals surface area contributed by atoms with E-state index < -0.39 is 0 Å². The number of benzene rings is 1. The molecule has 1 atom stereocenters. The molecule has 5 rings (SSSR count). The smallest absolute Gasteiger partial charge is 0.0682 e. The van der Waals surface area contributed by atoms with Gasteiger partial charge in [-0.05, 0) is 86.3 Å². The van der Waals surface area contributed by atoms with E-state index in [9.17, 15) is 5.11 Å². The van der Waals surface area contributed by atoms with Crippen LogP contribution >= 0.6 is 0 Å². The zero-order valence-corrected chi connectivity index (χ0v) is 13.0. The molecule has 0 aromatic heterocycles. The lowest BCUT2D eigenvalue weighted by molar-refractivity contribution is -0.0602.